The fourth-order valence-corrected chi connectivity index (χ4v) is 3.94. The highest BCUT2D eigenvalue weighted by atomic mass is 32.2. The van der Waals surface area contributed by atoms with E-state index in [0.717, 1.165) is 0 Å². The number of nitrogens with zero attached hydrogens (tertiary/aromatic N) is 1. The van der Waals surface area contributed by atoms with Gasteiger partial charge in [-0.25, -0.2) is 4.79 Å². The van der Waals surface area contributed by atoms with Crippen LogP contribution in [0, 0.1) is 5.92 Å². The summed E-state index contributed by atoms with van der Waals surface area (Å²) >= 11 is 1.24. The van der Waals surface area contributed by atoms with E-state index in [9.17, 15) is 19.8 Å². The van der Waals surface area contributed by atoms with Crippen molar-refractivity contribution in [1.82, 2.24) is 4.90 Å². The third-order valence-electron chi connectivity index (χ3n) is 3.25. The second-order valence-electron chi connectivity index (χ2n) is 4.44. The standard InChI is InChI=1S/C12H11NO5S/c1-5(14)7-10(15)13-8(12(16)17)9(19-11(7)13)6-3-2-4-18-6/h2-5,7,11,14H,1H3,(H,16,17)/t5-,7+,11-/m1/s1. The number of aliphatic carboxylic acids is 1. The Hall–Kier alpha value is -1.73. The molecule has 3 rings (SSSR count). The van der Waals surface area contributed by atoms with Gasteiger partial charge < -0.3 is 14.6 Å². The second-order valence-corrected chi connectivity index (χ2v) is 5.57. The van der Waals surface area contributed by atoms with Gasteiger partial charge in [-0.05, 0) is 19.1 Å². The molecule has 0 radical (unpaired) electrons. The van der Waals surface area contributed by atoms with Crippen LogP contribution in [0.2, 0.25) is 0 Å². The normalized spacial score (nSPS) is 27.3. The number of furan rings is 1. The van der Waals surface area contributed by atoms with Crippen LogP contribution in [0.4, 0.5) is 0 Å². The van der Waals surface area contributed by atoms with E-state index in [0.29, 0.717) is 10.7 Å². The number of β-lactam (4-membered cyclic amide) rings is 1. The lowest BCUT2D eigenvalue weighted by Gasteiger charge is -2.43. The van der Waals surface area contributed by atoms with Crippen LogP contribution < -0.4 is 0 Å². The van der Waals surface area contributed by atoms with Crippen LogP contribution in [0.5, 0.6) is 0 Å². The quantitative estimate of drug-likeness (QED) is 0.801. The fraction of sp³-hybridized carbons (Fsp3) is 0.333. The summed E-state index contributed by atoms with van der Waals surface area (Å²) in [5.74, 6) is -1.66. The maximum Gasteiger partial charge on any atom is 0.353 e. The highest BCUT2D eigenvalue weighted by Gasteiger charge is 2.58. The highest BCUT2D eigenvalue weighted by Crippen LogP contribution is 2.53. The van der Waals surface area contributed by atoms with Crippen molar-refractivity contribution >= 4 is 28.5 Å². The van der Waals surface area contributed by atoms with Crippen molar-refractivity contribution in [2.45, 2.75) is 18.4 Å². The molecule has 3 atom stereocenters. The Balaban J connectivity index is 2.01. The first kappa shape index (κ1) is 12.3. The van der Waals surface area contributed by atoms with E-state index < -0.39 is 18.0 Å². The zero-order chi connectivity index (χ0) is 13.7. The molecule has 2 aliphatic rings. The van der Waals surface area contributed by atoms with E-state index in [4.69, 9.17) is 4.42 Å². The molecule has 6 nitrogen and oxygen atoms in total. The van der Waals surface area contributed by atoms with Crippen LogP contribution in [-0.4, -0.2) is 38.5 Å². The number of amides is 1. The largest absolute Gasteiger partial charge is 0.477 e. The van der Waals surface area contributed by atoms with Crippen molar-refractivity contribution in [1.29, 1.82) is 0 Å². The summed E-state index contributed by atoms with van der Waals surface area (Å²) in [6, 6.07) is 3.31. The lowest BCUT2D eigenvalue weighted by Crippen LogP contribution is -2.60. The van der Waals surface area contributed by atoms with Gasteiger partial charge in [0, 0.05) is 0 Å². The van der Waals surface area contributed by atoms with Crippen LogP contribution in [-0.2, 0) is 9.59 Å². The van der Waals surface area contributed by atoms with E-state index in [2.05, 4.69) is 0 Å². The van der Waals surface area contributed by atoms with Gasteiger partial charge >= 0.3 is 5.97 Å². The number of carboxylic acids is 1. The topological polar surface area (TPSA) is 91.0 Å². The molecule has 0 aliphatic carbocycles. The Bertz CT molecular complexity index is 577. The average molecular weight is 281 g/mol. The molecule has 0 bridgehead atoms. The predicted octanol–water partition coefficient (Wildman–Crippen LogP) is 0.945. The van der Waals surface area contributed by atoms with Crippen molar-refractivity contribution in [3.63, 3.8) is 0 Å². The lowest BCUT2D eigenvalue weighted by atomic mass is 9.92. The Kier molecular flexibility index (Phi) is 2.68. The maximum atomic E-state index is 11.9. The van der Waals surface area contributed by atoms with E-state index in [-0.39, 0.29) is 17.0 Å². The van der Waals surface area contributed by atoms with Crippen LogP contribution >= 0.6 is 11.8 Å². The first-order chi connectivity index (χ1) is 9.02. The third-order valence-corrected chi connectivity index (χ3v) is 4.62. The molecule has 7 heteroatoms. The van der Waals surface area contributed by atoms with E-state index in [1.54, 1.807) is 12.1 Å². The molecular weight excluding hydrogens is 270 g/mol. The van der Waals surface area contributed by atoms with Crippen LogP contribution in [0.3, 0.4) is 0 Å². The first-order valence-corrected chi connectivity index (χ1v) is 6.59. The summed E-state index contributed by atoms with van der Waals surface area (Å²) in [6.45, 7) is 1.53. The fourth-order valence-electron chi connectivity index (χ4n) is 2.36. The molecule has 2 aliphatic heterocycles. The SMILES string of the molecule is C[C@@H](O)[C@H]1C(=O)N2C(C(=O)O)=C(c3ccco3)S[C@H]12. The minimum absolute atomic E-state index is 0.0631. The summed E-state index contributed by atoms with van der Waals surface area (Å²) < 4.78 is 5.21. The van der Waals surface area contributed by atoms with Gasteiger partial charge in [0.25, 0.3) is 0 Å². The Morgan fingerprint density at radius 2 is 2.32 bits per heavy atom. The number of rotatable bonds is 3. The molecule has 1 amide bonds. The molecular formula is C12H11NO5S. The van der Waals surface area contributed by atoms with Gasteiger partial charge in [0.15, 0.2) is 0 Å². The zero-order valence-electron chi connectivity index (χ0n) is 9.94. The molecule has 19 heavy (non-hydrogen) atoms. The molecule has 1 aromatic heterocycles. The summed E-state index contributed by atoms with van der Waals surface area (Å²) in [5, 5.41) is 18.5. The number of fused-ring (bicyclic) bond motifs is 1. The van der Waals surface area contributed by atoms with Crippen LogP contribution in [0.25, 0.3) is 4.91 Å². The highest BCUT2D eigenvalue weighted by molar-refractivity contribution is 8.09. The molecule has 2 N–H and O–H groups in total. The zero-order valence-corrected chi connectivity index (χ0v) is 10.8. The second kappa shape index (κ2) is 4.14. The van der Waals surface area contributed by atoms with Gasteiger partial charge in [-0.2, -0.15) is 0 Å². The number of carbonyl (C=O) groups is 2. The van der Waals surface area contributed by atoms with Gasteiger partial charge in [0.05, 0.1) is 23.2 Å². The van der Waals surface area contributed by atoms with Crippen LogP contribution in [0.1, 0.15) is 12.7 Å². The monoisotopic (exact) mass is 281 g/mol. The maximum absolute atomic E-state index is 11.9. The van der Waals surface area contributed by atoms with E-state index >= 15 is 0 Å². The van der Waals surface area contributed by atoms with Gasteiger partial charge in [0.1, 0.15) is 16.8 Å². The average Bonchev–Trinajstić information content (AvgIpc) is 2.92. The number of aliphatic hydroxyl groups is 1. The van der Waals surface area contributed by atoms with Gasteiger partial charge in [-0.15, -0.1) is 0 Å². The van der Waals surface area contributed by atoms with Gasteiger partial charge in [-0.3, -0.25) is 9.69 Å². The number of hydrogen-bond donors (Lipinski definition) is 2. The van der Waals surface area contributed by atoms with Crippen molar-refractivity contribution in [2.75, 3.05) is 0 Å². The molecule has 3 heterocycles. The molecule has 0 unspecified atom stereocenters. The molecule has 1 aromatic rings. The molecule has 1 fully saturated rings. The van der Waals surface area contributed by atoms with E-state index in [1.807, 2.05) is 0 Å². The summed E-state index contributed by atoms with van der Waals surface area (Å²) in [7, 11) is 0. The number of aliphatic hydroxyl groups excluding tert-OH is 1. The summed E-state index contributed by atoms with van der Waals surface area (Å²) in [6.07, 6.45) is 0.651. The van der Waals surface area contributed by atoms with Gasteiger partial charge in [-0.1, -0.05) is 11.8 Å². The van der Waals surface area contributed by atoms with Crippen molar-refractivity contribution < 1.29 is 24.2 Å². The Morgan fingerprint density at radius 1 is 1.58 bits per heavy atom. The Labute approximate surface area is 112 Å². The first-order valence-electron chi connectivity index (χ1n) is 5.71. The number of hydrogen-bond acceptors (Lipinski definition) is 5. The van der Waals surface area contributed by atoms with Crippen molar-refractivity contribution in [3.8, 4) is 0 Å². The predicted molar refractivity (Wildman–Crippen MR) is 66.7 cm³/mol. The Morgan fingerprint density at radius 3 is 2.84 bits per heavy atom. The van der Waals surface area contributed by atoms with Crippen LogP contribution in [0.15, 0.2) is 28.5 Å². The number of carbonyl (C=O) groups excluding carboxylic acids is 1. The minimum Gasteiger partial charge on any atom is -0.477 e. The van der Waals surface area contributed by atoms with E-state index in [1.165, 1.54) is 29.8 Å². The molecule has 0 spiro atoms. The van der Waals surface area contributed by atoms with Crippen molar-refractivity contribution in [3.05, 3.63) is 29.9 Å². The summed E-state index contributed by atoms with van der Waals surface area (Å²) in [5.41, 5.74) is -0.0631. The smallest absolute Gasteiger partial charge is 0.353 e. The number of thioether (sulfide) groups is 1. The summed E-state index contributed by atoms with van der Waals surface area (Å²) in [4.78, 5) is 24.9. The molecule has 0 saturated carbocycles. The minimum atomic E-state index is -1.17. The lowest BCUT2D eigenvalue weighted by molar-refractivity contribution is -0.156. The molecule has 1 saturated heterocycles. The number of carboxylic acid groups (broad SMARTS) is 1. The van der Waals surface area contributed by atoms with Crippen molar-refractivity contribution in [2.24, 2.45) is 5.92 Å². The molecule has 100 valence electrons. The third kappa shape index (κ3) is 1.62. The molecule has 0 aromatic carbocycles. The van der Waals surface area contributed by atoms with Gasteiger partial charge in [0.2, 0.25) is 5.91 Å².